The monoisotopic (exact) mass is 133 g/mol. The predicted octanol–water partition coefficient (Wildman–Crippen LogP) is 1.38. The fourth-order valence-electron chi connectivity index (χ4n) is 0.684. The van der Waals surface area contributed by atoms with Gasteiger partial charge in [0.1, 0.15) is 17.6 Å². The Hall–Kier alpha value is -0.370. The van der Waals surface area contributed by atoms with Gasteiger partial charge in [-0.2, -0.15) is 0 Å². The molecule has 3 heteroatoms. The summed E-state index contributed by atoms with van der Waals surface area (Å²) in [6.45, 7) is 1.03. The van der Waals surface area contributed by atoms with Crippen LogP contribution in [0.3, 0.4) is 0 Å². The summed E-state index contributed by atoms with van der Waals surface area (Å²) in [6.07, 6.45) is 3.87. The molecule has 0 amide bonds. The number of hydrogen-bond acceptors (Lipinski definition) is 2. The fraction of sp³-hybridized carbons (Fsp3) is 0.600. The molecule has 0 spiro atoms. The van der Waals surface area contributed by atoms with E-state index in [1.807, 2.05) is 0 Å². The minimum Gasteiger partial charge on any atom is -0.389 e. The summed E-state index contributed by atoms with van der Waals surface area (Å²) in [7, 11) is 0. The fourth-order valence-corrected chi connectivity index (χ4v) is 0.805. The van der Waals surface area contributed by atoms with Gasteiger partial charge in [-0.25, -0.2) is 0 Å². The molecule has 0 unspecified atom stereocenters. The Bertz CT molecular complexity index is 103. The summed E-state index contributed by atoms with van der Waals surface area (Å²) in [6, 6.07) is 0. The molecule has 0 aromatic carbocycles. The largest absolute Gasteiger partial charge is 0.389 e. The van der Waals surface area contributed by atoms with Crippen LogP contribution >= 0.6 is 11.9 Å². The zero-order valence-corrected chi connectivity index (χ0v) is 5.24. The molecular formula is C5H8ClNO. The highest BCUT2D eigenvalue weighted by atomic mass is 35.5. The van der Waals surface area contributed by atoms with E-state index in [0.29, 0.717) is 0 Å². The standard InChI is InChI=1S/C5H8ClNO/c6-8-5-2-1-3-7-4-5/h4,7H,1-3H2. The molecule has 1 heterocycles. The van der Waals surface area contributed by atoms with E-state index in [1.54, 1.807) is 6.20 Å². The Morgan fingerprint density at radius 3 is 3.00 bits per heavy atom. The van der Waals surface area contributed by atoms with Crippen molar-refractivity contribution >= 4 is 11.9 Å². The molecule has 0 bridgehead atoms. The van der Waals surface area contributed by atoms with E-state index in [0.717, 1.165) is 25.1 Å². The van der Waals surface area contributed by atoms with E-state index in [2.05, 4.69) is 9.61 Å². The number of allylic oxidation sites excluding steroid dienone is 1. The van der Waals surface area contributed by atoms with Crippen molar-refractivity contribution in [1.29, 1.82) is 0 Å². The van der Waals surface area contributed by atoms with Crippen LogP contribution < -0.4 is 5.32 Å². The molecule has 46 valence electrons. The van der Waals surface area contributed by atoms with Crippen LogP contribution in [0, 0.1) is 0 Å². The quantitative estimate of drug-likeness (QED) is 0.584. The lowest BCUT2D eigenvalue weighted by atomic mass is 10.2. The van der Waals surface area contributed by atoms with E-state index >= 15 is 0 Å². The van der Waals surface area contributed by atoms with Crippen LogP contribution in [-0.4, -0.2) is 6.54 Å². The van der Waals surface area contributed by atoms with Crippen molar-refractivity contribution in [2.45, 2.75) is 12.8 Å². The smallest absolute Gasteiger partial charge is 0.139 e. The topological polar surface area (TPSA) is 21.3 Å². The molecule has 0 saturated carbocycles. The SMILES string of the molecule is ClOC1=CNCCC1. The first-order valence-electron chi connectivity index (χ1n) is 2.64. The van der Waals surface area contributed by atoms with Gasteiger partial charge in [0, 0.05) is 19.2 Å². The third kappa shape index (κ3) is 1.30. The minimum absolute atomic E-state index is 0.831. The van der Waals surface area contributed by atoms with Crippen LogP contribution in [0.4, 0.5) is 0 Å². The van der Waals surface area contributed by atoms with E-state index in [9.17, 15) is 0 Å². The van der Waals surface area contributed by atoms with Crippen molar-refractivity contribution in [2.75, 3.05) is 6.54 Å². The van der Waals surface area contributed by atoms with Crippen molar-refractivity contribution in [2.24, 2.45) is 0 Å². The molecule has 0 atom stereocenters. The first kappa shape index (κ1) is 5.76. The number of nitrogens with one attached hydrogen (secondary N) is 1. The maximum absolute atomic E-state index is 5.07. The van der Waals surface area contributed by atoms with Crippen molar-refractivity contribution < 1.29 is 4.29 Å². The van der Waals surface area contributed by atoms with Crippen molar-refractivity contribution in [3.63, 3.8) is 0 Å². The maximum Gasteiger partial charge on any atom is 0.139 e. The molecule has 0 aromatic heterocycles. The van der Waals surface area contributed by atoms with Crippen molar-refractivity contribution in [3.05, 3.63) is 12.0 Å². The van der Waals surface area contributed by atoms with Crippen molar-refractivity contribution in [1.82, 2.24) is 5.32 Å². The second kappa shape index (κ2) is 2.82. The Kier molecular flexibility index (Phi) is 2.03. The lowest BCUT2D eigenvalue weighted by molar-refractivity contribution is 0.418. The normalized spacial score (nSPS) is 18.9. The maximum atomic E-state index is 5.07. The van der Waals surface area contributed by atoms with Gasteiger partial charge in [0.05, 0.1) is 0 Å². The summed E-state index contributed by atoms with van der Waals surface area (Å²) < 4.78 is 4.46. The molecule has 0 radical (unpaired) electrons. The molecule has 1 aliphatic rings. The third-order valence-electron chi connectivity index (χ3n) is 1.11. The Morgan fingerprint density at radius 1 is 1.75 bits per heavy atom. The lowest BCUT2D eigenvalue weighted by Crippen LogP contribution is -2.13. The highest BCUT2D eigenvalue weighted by Crippen LogP contribution is 2.10. The van der Waals surface area contributed by atoms with Gasteiger partial charge in [-0.3, -0.25) is 0 Å². The molecule has 1 aliphatic heterocycles. The number of halogens is 1. The summed E-state index contributed by atoms with van der Waals surface area (Å²) >= 11 is 5.07. The van der Waals surface area contributed by atoms with E-state index in [4.69, 9.17) is 11.9 Å². The van der Waals surface area contributed by atoms with Gasteiger partial charge in [-0.1, -0.05) is 0 Å². The van der Waals surface area contributed by atoms with Gasteiger partial charge in [0.2, 0.25) is 0 Å². The highest BCUT2D eigenvalue weighted by molar-refractivity contribution is 6.08. The first-order chi connectivity index (χ1) is 3.93. The summed E-state index contributed by atoms with van der Waals surface area (Å²) in [5, 5.41) is 3.01. The minimum atomic E-state index is 0.831. The number of rotatable bonds is 1. The summed E-state index contributed by atoms with van der Waals surface area (Å²) in [5.74, 6) is 0.831. The third-order valence-corrected chi connectivity index (χ3v) is 1.30. The Morgan fingerprint density at radius 2 is 2.62 bits per heavy atom. The van der Waals surface area contributed by atoms with Gasteiger partial charge in [-0.05, 0) is 6.42 Å². The molecule has 1 rings (SSSR count). The van der Waals surface area contributed by atoms with Gasteiger partial charge in [-0.15, -0.1) is 0 Å². The Labute approximate surface area is 53.6 Å². The van der Waals surface area contributed by atoms with Crippen molar-refractivity contribution in [3.8, 4) is 0 Å². The van der Waals surface area contributed by atoms with E-state index in [-0.39, 0.29) is 0 Å². The average Bonchev–Trinajstić information content (AvgIpc) is 1.90. The van der Waals surface area contributed by atoms with Gasteiger partial charge in [0.25, 0.3) is 0 Å². The van der Waals surface area contributed by atoms with Crippen LogP contribution in [0.15, 0.2) is 12.0 Å². The molecule has 0 aromatic rings. The van der Waals surface area contributed by atoms with Crippen LogP contribution in [0.1, 0.15) is 12.8 Å². The zero-order chi connectivity index (χ0) is 5.82. The van der Waals surface area contributed by atoms with Gasteiger partial charge >= 0.3 is 0 Å². The molecule has 0 aliphatic carbocycles. The molecule has 1 N–H and O–H groups in total. The zero-order valence-electron chi connectivity index (χ0n) is 4.48. The molecule has 0 saturated heterocycles. The van der Waals surface area contributed by atoms with Gasteiger partial charge in [0.15, 0.2) is 0 Å². The van der Waals surface area contributed by atoms with E-state index in [1.165, 1.54) is 0 Å². The molecule has 2 nitrogen and oxygen atoms in total. The van der Waals surface area contributed by atoms with Gasteiger partial charge < -0.3 is 9.61 Å². The van der Waals surface area contributed by atoms with Crippen LogP contribution in [0.2, 0.25) is 0 Å². The van der Waals surface area contributed by atoms with Crippen LogP contribution in [0.25, 0.3) is 0 Å². The second-order valence-corrected chi connectivity index (χ2v) is 1.90. The first-order valence-corrected chi connectivity index (χ1v) is 2.95. The molecule has 8 heavy (non-hydrogen) atoms. The summed E-state index contributed by atoms with van der Waals surface area (Å²) in [5.41, 5.74) is 0. The lowest BCUT2D eigenvalue weighted by Gasteiger charge is -2.09. The van der Waals surface area contributed by atoms with Crippen LogP contribution in [-0.2, 0) is 4.29 Å². The molecular weight excluding hydrogens is 126 g/mol. The Balaban J connectivity index is 2.37. The predicted molar refractivity (Wildman–Crippen MR) is 32.3 cm³/mol. The number of hydrogen-bond donors (Lipinski definition) is 1. The average molecular weight is 134 g/mol. The van der Waals surface area contributed by atoms with E-state index < -0.39 is 0 Å². The highest BCUT2D eigenvalue weighted by Gasteiger charge is 2.01. The molecule has 0 fully saturated rings. The van der Waals surface area contributed by atoms with Crippen LogP contribution in [0.5, 0.6) is 0 Å². The second-order valence-electron chi connectivity index (χ2n) is 1.75. The summed E-state index contributed by atoms with van der Waals surface area (Å²) in [4.78, 5) is 0.